The monoisotopic (exact) mass is 439 g/mol. The number of fused-ring (bicyclic) bond motifs is 1. The summed E-state index contributed by atoms with van der Waals surface area (Å²) < 4.78 is 1.76. The quantitative estimate of drug-likeness (QED) is 0.488. The zero-order valence-corrected chi connectivity index (χ0v) is 17.5. The number of thiazole rings is 1. The maximum Gasteiger partial charge on any atom is 0.272 e. The van der Waals surface area contributed by atoms with Gasteiger partial charge >= 0.3 is 0 Å². The predicted octanol–water partition coefficient (Wildman–Crippen LogP) is 3.62. The summed E-state index contributed by atoms with van der Waals surface area (Å²) in [5, 5.41) is 9.89. The highest BCUT2D eigenvalue weighted by molar-refractivity contribution is 7.16. The summed E-state index contributed by atoms with van der Waals surface area (Å²) in [6.07, 6.45) is 7.01. The van der Waals surface area contributed by atoms with Gasteiger partial charge in [-0.15, -0.1) is 11.3 Å². The lowest BCUT2D eigenvalue weighted by Gasteiger charge is -2.32. The third-order valence-corrected chi connectivity index (χ3v) is 6.17. The molecular formula is C20H18ClN7OS. The summed E-state index contributed by atoms with van der Waals surface area (Å²) in [4.78, 5) is 28.9. The number of hydrogen-bond donors (Lipinski definition) is 1. The Hall–Kier alpha value is -3.04. The van der Waals surface area contributed by atoms with Crippen molar-refractivity contribution in [3.8, 4) is 11.4 Å². The van der Waals surface area contributed by atoms with Gasteiger partial charge in [0, 0.05) is 43.0 Å². The second kappa shape index (κ2) is 8.00. The molecule has 1 N–H and O–H groups in total. The largest absolute Gasteiger partial charge is 0.367 e. The number of nitrogens with one attached hydrogen (secondary N) is 1. The van der Waals surface area contributed by atoms with Gasteiger partial charge in [-0.2, -0.15) is 5.10 Å². The van der Waals surface area contributed by atoms with Gasteiger partial charge in [-0.3, -0.25) is 4.79 Å². The number of carbonyl (C=O) groups is 1. The van der Waals surface area contributed by atoms with Crippen molar-refractivity contribution >= 4 is 39.5 Å². The Morgan fingerprint density at radius 3 is 2.90 bits per heavy atom. The molecule has 4 aromatic heterocycles. The molecule has 0 aliphatic carbocycles. The van der Waals surface area contributed by atoms with E-state index in [2.05, 4.69) is 25.4 Å². The number of amides is 1. The molecule has 0 atom stereocenters. The van der Waals surface area contributed by atoms with E-state index in [0.717, 1.165) is 29.1 Å². The Morgan fingerprint density at radius 1 is 1.23 bits per heavy atom. The number of carbonyl (C=O) groups excluding carboxylic acids is 1. The first kappa shape index (κ1) is 19.0. The molecule has 1 saturated heterocycles. The number of nitrogens with zero attached hydrogens (tertiary/aromatic N) is 6. The van der Waals surface area contributed by atoms with E-state index in [1.165, 1.54) is 17.4 Å². The van der Waals surface area contributed by atoms with Crippen molar-refractivity contribution < 1.29 is 4.79 Å². The van der Waals surface area contributed by atoms with Crippen LogP contribution < -0.4 is 5.32 Å². The van der Waals surface area contributed by atoms with E-state index in [0.29, 0.717) is 24.6 Å². The van der Waals surface area contributed by atoms with Crippen molar-refractivity contribution in [1.29, 1.82) is 0 Å². The third-order valence-electron chi connectivity index (χ3n) is 5.09. The Labute approximate surface area is 181 Å². The molecule has 152 valence electrons. The van der Waals surface area contributed by atoms with Crippen LogP contribution in [0.1, 0.15) is 23.3 Å². The standard InChI is InChI=1S/C20H18ClN7OS/c21-16-11-15(25-18(26-16)14-12-23-28-9-10-30-20(14)28)19(29)27-7-4-13(5-8-27)24-17-3-1-2-6-22-17/h1-3,6,9-13H,4-5,7-8H2,(H,22,24). The second-order valence-electron chi connectivity index (χ2n) is 7.04. The van der Waals surface area contributed by atoms with Gasteiger partial charge in [0.15, 0.2) is 5.82 Å². The molecular weight excluding hydrogens is 422 g/mol. The van der Waals surface area contributed by atoms with E-state index in [4.69, 9.17) is 11.6 Å². The summed E-state index contributed by atoms with van der Waals surface area (Å²) in [5.41, 5.74) is 1.07. The third kappa shape index (κ3) is 3.73. The van der Waals surface area contributed by atoms with Crippen LogP contribution in [0, 0.1) is 0 Å². The van der Waals surface area contributed by atoms with E-state index in [1.54, 1.807) is 16.9 Å². The van der Waals surface area contributed by atoms with Gasteiger partial charge in [0.05, 0.1) is 11.8 Å². The van der Waals surface area contributed by atoms with Crippen molar-refractivity contribution in [2.75, 3.05) is 18.4 Å². The molecule has 5 rings (SSSR count). The molecule has 1 aliphatic rings. The normalized spacial score (nSPS) is 14.9. The summed E-state index contributed by atoms with van der Waals surface area (Å²) in [6.45, 7) is 1.28. The first-order valence-corrected chi connectivity index (χ1v) is 10.9. The molecule has 0 saturated carbocycles. The van der Waals surface area contributed by atoms with E-state index in [1.807, 2.05) is 34.7 Å². The molecule has 4 aromatic rings. The molecule has 0 spiro atoms. The van der Waals surface area contributed by atoms with Crippen LogP contribution in [0.4, 0.5) is 5.82 Å². The molecule has 5 heterocycles. The van der Waals surface area contributed by atoms with Crippen LogP contribution in [0.25, 0.3) is 16.2 Å². The highest BCUT2D eigenvalue weighted by Crippen LogP contribution is 2.27. The second-order valence-corrected chi connectivity index (χ2v) is 8.32. The van der Waals surface area contributed by atoms with Crippen LogP contribution in [0.5, 0.6) is 0 Å². The molecule has 1 fully saturated rings. The van der Waals surface area contributed by atoms with Crippen LogP contribution in [0.2, 0.25) is 5.15 Å². The maximum absolute atomic E-state index is 13.1. The molecule has 0 unspecified atom stereocenters. The zero-order chi connectivity index (χ0) is 20.5. The highest BCUT2D eigenvalue weighted by Gasteiger charge is 2.26. The minimum atomic E-state index is -0.133. The summed E-state index contributed by atoms with van der Waals surface area (Å²) >= 11 is 7.76. The Balaban J connectivity index is 1.31. The maximum atomic E-state index is 13.1. The van der Waals surface area contributed by atoms with Gasteiger partial charge < -0.3 is 10.2 Å². The highest BCUT2D eigenvalue weighted by atomic mass is 35.5. The minimum absolute atomic E-state index is 0.133. The lowest BCUT2D eigenvalue weighted by Crippen LogP contribution is -2.42. The van der Waals surface area contributed by atoms with E-state index in [-0.39, 0.29) is 17.1 Å². The summed E-state index contributed by atoms with van der Waals surface area (Å²) in [5.74, 6) is 1.14. The first-order valence-electron chi connectivity index (χ1n) is 9.60. The van der Waals surface area contributed by atoms with Crippen LogP contribution in [0.3, 0.4) is 0 Å². The van der Waals surface area contributed by atoms with Crippen molar-refractivity contribution in [2.45, 2.75) is 18.9 Å². The number of rotatable bonds is 4. The number of likely N-dealkylation sites (tertiary alicyclic amines) is 1. The van der Waals surface area contributed by atoms with Crippen LogP contribution >= 0.6 is 22.9 Å². The van der Waals surface area contributed by atoms with Gasteiger partial charge in [0.1, 0.15) is 21.5 Å². The number of aromatic nitrogens is 5. The smallest absolute Gasteiger partial charge is 0.272 e. The summed E-state index contributed by atoms with van der Waals surface area (Å²) in [6, 6.07) is 7.60. The topological polar surface area (TPSA) is 88.3 Å². The molecule has 0 bridgehead atoms. The molecule has 1 amide bonds. The number of piperidine rings is 1. The van der Waals surface area contributed by atoms with Crippen LogP contribution in [-0.4, -0.2) is 54.5 Å². The average molecular weight is 440 g/mol. The number of anilines is 1. The average Bonchev–Trinajstić information content (AvgIpc) is 3.38. The zero-order valence-electron chi connectivity index (χ0n) is 15.9. The lowest BCUT2D eigenvalue weighted by molar-refractivity contribution is 0.0712. The molecule has 8 nitrogen and oxygen atoms in total. The Bertz CT molecular complexity index is 1180. The van der Waals surface area contributed by atoms with Crippen molar-refractivity contribution in [3.63, 3.8) is 0 Å². The van der Waals surface area contributed by atoms with Gasteiger partial charge in [-0.05, 0) is 25.0 Å². The lowest BCUT2D eigenvalue weighted by atomic mass is 10.0. The number of hydrogen-bond acceptors (Lipinski definition) is 7. The molecule has 0 radical (unpaired) electrons. The fourth-order valence-corrected chi connectivity index (χ4v) is 4.55. The van der Waals surface area contributed by atoms with Crippen LogP contribution in [0.15, 0.2) is 48.2 Å². The van der Waals surface area contributed by atoms with E-state index >= 15 is 0 Å². The fraction of sp³-hybridized carbons (Fsp3) is 0.250. The minimum Gasteiger partial charge on any atom is -0.367 e. The Morgan fingerprint density at radius 2 is 2.10 bits per heavy atom. The van der Waals surface area contributed by atoms with Gasteiger partial charge in [-0.25, -0.2) is 19.5 Å². The SMILES string of the molecule is O=C(c1cc(Cl)nc(-c2cnn3ccsc23)n1)N1CCC(Nc2ccccn2)CC1. The van der Waals surface area contributed by atoms with E-state index in [9.17, 15) is 4.79 Å². The molecule has 1 aliphatic heterocycles. The van der Waals surface area contributed by atoms with Gasteiger partial charge in [-0.1, -0.05) is 17.7 Å². The van der Waals surface area contributed by atoms with E-state index < -0.39 is 0 Å². The fourth-order valence-electron chi connectivity index (χ4n) is 3.57. The molecule has 30 heavy (non-hydrogen) atoms. The van der Waals surface area contributed by atoms with Crippen molar-refractivity contribution in [2.24, 2.45) is 0 Å². The Kier molecular flexibility index (Phi) is 5.06. The number of pyridine rings is 1. The number of halogens is 1. The van der Waals surface area contributed by atoms with Gasteiger partial charge in [0.2, 0.25) is 0 Å². The predicted molar refractivity (Wildman–Crippen MR) is 116 cm³/mol. The van der Waals surface area contributed by atoms with Crippen molar-refractivity contribution in [1.82, 2.24) is 29.5 Å². The van der Waals surface area contributed by atoms with Gasteiger partial charge in [0.25, 0.3) is 5.91 Å². The molecule has 0 aromatic carbocycles. The summed E-state index contributed by atoms with van der Waals surface area (Å²) in [7, 11) is 0. The molecule has 10 heteroatoms. The van der Waals surface area contributed by atoms with Crippen molar-refractivity contribution in [3.05, 3.63) is 59.1 Å². The van der Waals surface area contributed by atoms with Crippen LogP contribution in [-0.2, 0) is 0 Å². The first-order chi connectivity index (χ1) is 14.7.